The van der Waals surface area contributed by atoms with Gasteiger partial charge in [0.2, 0.25) is 0 Å². The average Bonchev–Trinajstić information content (AvgIpc) is 2.71. The molecule has 2 aromatic rings. The molecule has 0 aliphatic rings. The second-order valence-electron chi connectivity index (χ2n) is 10.1. The van der Waals surface area contributed by atoms with Crippen LogP contribution in [0.25, 0.3) is 10.8 Å². The van der Waals surface area contributed by atoms with E-state index in [0.29, 0.717) is 5.41 Å². The normalized spacial score (nSPS) is 13.1. The number of thioether (sulfide) groups is 1. The van der Waals surface area contributed by atoms with E-state index < -0.39 is 0 Å². The standard InChI is InChI=1S/C23H37NS/c1-14-15(2)17(4)20-19(16(14)3)18(5)24(12-22(6,7)8)21(20)25-13-23(9,10)11/h12-13H2,1-11H3. The number of fused-ring (bicyclic) bond motifs is 1. The first-order valence-electron chi connectivity index (χ1n) is 9.46. The van der Waals surface area contributed by atoms with Crippen LogP contribution in [0.4, 0.5) is 0 Å². The van der Waals surface area contributed by atoms with Gasteiger partial charge in [0.25, 0.3) is 0 Å². The minimum Gasteiger partial charge on any atom is -0.339 e. The summed E-state index contributed by atoms with van der Waals surface area (Å²) in [6.07, 6.45) is 0. The van der Waals surface area contributed by atoms with Crippen molar-refractivity contribution >= 4 is 22.5 Å². The molecule has 0 saturated carbocycles. The summed E-state index contributed by atoms with van der Waals surface area (Å²) >= 11 is 2.05. The third-order valence-corrected chi connectivity index (χ3v) is 6.90. The van der Waals surface area contributed by atoms with E-state index in [9.17, 15) is 0 Å². The SMILES string of the molecule is Cc1c(C)c(C)c2c(SCC(C)(C)C)n(CC(C)(C)C)c(C)c2c1C. The lowest BCUT2D eigenvalue weighted by atomic mass is 9.93. The van der Waals surface area contributed by atoms with Gasteiger partial charge >= 0.3 is 0 Å². The topological polar surface area (TPSA) is 4.93 Å². The van der Waals surface area contributed by atoms with E-state index in [-0.39, 0.29) is 5.41 Å². The highest BCUT2D eigenvalue weighted by atomic mass is 32.2. The van der Waals surface area contributed by atoms with Crippen molar-refractivity contribution in [2.24, 2.45) is 10.8 Å². The Hall–Kier alpha value is -0.890. The molecule has 0 fully saturated rings. The van der Waals surface area contributed by atoms with E-state index in [2.05, 4.69) is 80.7 Å². The van der Waals surface area contributed by atoms with Gasteiger partial charge in [-0.05, 0) is 67.7 Å². The minimum absolute atomic E-state index is 0.267. The highest BCUT2D eigenvalue weighted by molar-refractivity contribution is 7.99. The van der Waals surface area contributed by atoms with Crippen molar-refractivity contribution in [1.82, 2.24) is 4.57 Å². The van der Waals surface area contributed by atoms with Gasteiger partial charge in [-0.3, -0.25) is 0 Å². The first kappa shape index (κ1) is 20.4. The van der Waals surface area contributed by atoms with Crippen molar-refractivity contribution in [3.63, 3.8) is 0 Å². The highest BCUT2D eigenvalue weighted by Crippen LogP contribution is 2.42. The molecule has 1 aromatic heterocycles. The molecule has 0 saturated heterocycles. The molecular weight excluding hydrogens is 322 g/mol. The highest BCUT2D eigenvalue weighted by Gasteiger charge is 2.25. The van der Waals surface area contributed by atoms with Crippen LogP contribution >= 0.6 is 11.8 Å². The van der Waals surface area contributed by atoms with Crippen LogP contribution in [0.2, 0.25) is 0 Å². The van der Waals surface area contributed by atoms with Crippen LogP contribution in [-0.2, 0) is 6.54 Å². The van der Waals surface area contributed by atoms with Gasteiger partial charge in [0.1, 0.15) is 0 Å². The predicted molar refractivity (Wildman–Crippen MR) is 115 cm³/mol. The fourth-order valence-electron chi connectivity index (χ4n) is 3.55. The Morgan fingerprint density at radius 1 is 0.680 bits per heavy atom. The fourth-order valence-corrected chi connectivity index (χ4v) is 4.88. The van der Waals surface area contributed by atoms with Gasteiger partial charge in [0.05, 0.1) is 5.03 Å². The zero-order valence-corrected chi connectivity index (χ0v) is 19.1. The monoisotopic (exact) mass is 359 g/mol. The van der Waals surface area contributed by atoms with Crippen molar-refractivity contribution < 1.29 is 0 Å². The van der Waals surface area contributed by atoms with Crippen LogP contribution < -0.4 is 0 Å². The van der Waals surface area contributed by atoms with E-state index in [0.717, 1.165) is 12.3 Å². The summed E-state index contributed by atoms with van der Waals surface area (Å²) in [6.45, 7) is 26.6. The van der Waals surface area contributed by atoms with Gasteiger partial charge in [-0.2, -0.15) is 0 Å². The lowest BCUT2D eigenvalue weighted by molar-refractivity contribution is 0.330. The van der Waals surface area contributed by atoms with Crippen LogP contribution in [0.1, 0.15) is 69.5 Å². The molecule has 0 unspecified atom stereocenters. The summed E-state index contributed by atoms with van der Waals surface area (Å²) in [6, 6.07) is 0. The smallest absolute Gasteiger partial charge is 0.0833 e. The maximum Gasteiger partial charge on any atom is 0.0833 e. The Labute approximate surface area is 159 Å². The largest absolute Gasteiger partial charge is 0.339 e. The third-order valence-electron chi connectivity index (χ3n) is 5.19. The summed E-state index contributed by atoms with van der Waals surface area (Å²) in [7, 11) is 0. The van der Waals surface area contributed by atoms with E-state index >= 15 is 0 Å². The van der Waals surface area contributed by atoms with Crippen LogP contribution in [0, 0.1) is 45.4 Å². The van der Waals surface area contributed by atoms with Crippen molar-refractivity contribution in [1.29, 1.82) is 0 Å². The number of rotatable bonds is 3. The van der Waals surface area contributed by atoms with Crippen molar-refractivity contribution in [2.45, 2.75) is 87.7 Å². The van der Waals surface area contributed by atoms with Crippen LogP contribution in [0.3, 0.4) is 0 Å². The molecule has 0 spiro atoms. The van der Waals surface area contributed by atoms with E-state index in [1.807, 2.05) is 11.8 Å². The van der Waals surface area contributed by atoms with Gasteiger partial charge in [-0.15, -0.1) is 11.8 Å². The molecule has 0 aliphatic heterocycles. The third kappa shape index (κ3) is 4.10. The molecule has 0 atom stereocenters. The van der Waals surface area contributed by atoms with Crippen molar-refractivity contribution in [2.75, 3.05) is 5.75 Å². The maximum absolute atomic E-state index is 2.60. The van der Waals surface area contributed by atoms with Gasteiger partial charge in [-0.1, -0.05) is 41.5 Å². The number of hydrogen-bond donors (Lipinski definition) is 0. The number of benzene rings is 1. The lowest BCUT2D eigenvalue weighted by Gasteiger charge is -2.24. The van der Waals surface area contributed by atoms with Crippen molar-refractivity contribution in [3.8, 4) is 0 Å². The summed E-state index contributed by atoms with van der Waals surface area (Å²) in [4.78, 5) is 0. The van der Waals surface area contributed by atoms with Crippen LogP contribution in [-0.4, -0.2) is 10.3 Å². The van der Waals surface area contributed by atoms with Gasteiger partial charge in [0.15, 0.2) is 0 Å². The molecule has 140 valence electrons. The molecule has 1 nitrogen and oxygen atoms in total. The number of nitrogens with zero attached hydrogens (tertiary/aromatic N) is 1. The quantitative estimate of drug-likeness (QED) is 0.518. The molecule has 0 radical (unpaired) electrons. The fraction of sp³-hybridized carbons (Fsp3) is 0.652. The Morgan fingerprint density at radius 3 is 1.60 bits per heavy atom. The van der Waals surface area contributed by atoms with Crippen LogP contribution in [0.5, 0.6) is 0 Å². The second kappa shape index (κ2) is 6.68. The summed E-state index contributed by atoms with van der Waals surface area (Å²) < 4.78 is 2.60. The minimum atomic E-state index is 0.267. The van der Waals surface area contributed by atoms with E-state index in [1.165, 1.54) is 43.7 Å². The molecule has 0 bridgehead atoms. The number of aryl methyl sites for hydroxylation is 3. The molecule has 2 heteroatoms. The van der Waals surface area contributed by atoms with E-state index in [1.54, 1.807) is 0 Å². The summed E-state index contributed by atoms with van der Waals surface area (Å²) in [5, 5.41) is 4.46. The maximum atomic E-state index is 2.60. The molecule has 1 aromatic carbocycles. The average molecular weight is 360 g/mol. The van der Waals surface area contributed by atoms with Crippen molar-refractivity contribution in [3.05, 3.63) is 27.9 Å². The van der Waals surface area contributed by atoms with Crippen LogP contribution in [0.15, 0.2) is 5.03 Å². The van der Waals surface area contributed by atoms with Gasteiger partial charge < -0.3 is 4.57 Å². The first-order valence-corrected chi connectivity index (χ1v) is 10.4. The Morgan fingerprint density at radius 2 is 1.16 bits per heavy atom. The number of hydrogen-bond acceptors (Lipinski definition) is 1. The second-order valence-corrected chi connectivity index (χ2v) is 11.1. The predicted octanol–water partition coefficient (Wildman–Crippen LogP) is 7.37. The van der Waals surface area contributed by atoms with Gasteiger partial charge in [-0.25, -0.2) is 0 Å². The Bertz CT molecular complexity index is 795. The van der Waals surface area contributed by atoms with Gasteiger partial charge in [0, 0.05) is 28.8 Å². The molecule has 0 aliphatic carbocycles. The first-order chi connectivity index (χ1) is 11.2. The molecular formula is C23H37NS. The van der Waals surface area contributed by atoms with E-state index in [4.69, 9.17) is 0 Å². The molecule has 2 rings (SSSR count). The molecule has 0 amide bonds. The number of aromatic nitrogens is 1. The molecule has 25 heavy (non-hydrogen) atoms. The molecule has 1 heterocycles. The summed E-state index contributed by atoms with van der Waals surface area (Å²) in [5.74, 6) is 1.14. The Balaban J connectivity index is 2.82. The molecule has 0 N–H and O–H groups in total. The lowest BCUT2D eigenvalue weighted by Crippen LogP contribution is -2.17. The zero-order valence-electron chi connectivity index (χ0n) is 18.3. The summed E-state index contributed by atoms with van der Waals surface area (Å²) in [5.41, 5.74) is 7.85. The Kier molecular flexibility index (Phi) is 5.46. The zero-order chi connectivity index (χ0) is 19.3.